The third kappa shape index (κ3) is 7.72. The Labute approximate surface area is 225 Å². The highest BCUT2D eigenvalue weighted by Crippen LogP contribution is 2.22. The molecule has 0 bridgehead atoms. The molecule has 3 aromatic carbocycles. The largest absolute Gasteiger partial charge is 0.465 e. The second kappa shape index (κ2) is 12.6. The number of hydrogen-bond acceptors (Lipinski definition) is 5. The summed E-state index contributed by atoms with van der Waals surface area (Å²) >= 11 is 1.39. The van der Waals surface area contributed by atoms with Crippen molar-refractivity contribution in [3.05, 3.63) is 119 Å². The molecule has 0 aliphatic heterocycles. The minimum absolute atomic E-state index is 0.0373. The van der Waals surface area contributed by atoms with Gasteiger partial charge in [-0.2, -0.15) is 0 Å². The average molecular weight is 526 g/mol. The van der Waals surface area contributed by atoms with Crippen molar-refractivity contribution >= 4 is 46.9 Å². The van der Waals surface area contributed by atoms with Gasteiger partial charge in [0.1, 0.15) is 11.5 Å². The Hall–Kier alpha value is -4.56. The third-order valence-electron chi connectivity index (χ3n) is 5.35. The lowest BCUT2D eigenvalue weighted by atomic mass is 10.1. The van der Waals surface area contributed by atoms with Crippen molar-refractivity contribution < 1.29 is 18.8 Å². The molecule has 3 N–H and O–H groups in total. The molecule has 0 saturated carbocycles. The van der Waals surface area contributed by atoms with Gasteiger partial charge in [0.05, 0.1) is 12.0 Å². The molecule has 3 amide bonds. The molecule has 38 heavy (non-hydrogen) atoms. The number of carbonyl (C=O) groups is 3. The van der Waals surface area contributed by atoms with E-state index in [0.29, 0.717) is 17.0 Å². The van der Waals surface area contributed by atoms with Crippen LogP contribution in [-0.4, -0.2) is 23.5 Å². The molecule has 192 valence electrons. The lowest BCUT2D eigenvalue weighted by Crippen LogP contribution is -2.30. The first kappa shape index (κ1) is 26.5. The predicted octanol–water partition coefficient (Wildman–Crippen LogP) is 6.04. The van der Waals surface area contributed by atoms with E-state index in [4.69, 9.17) is 4.42 Å². The van der Waals surface area contributed by atoms with Crippen LogP contribution in [0, 0.1) is 13.8 Å². The highest BCUT2D eigenvalue weighted by Gasteiger charge is 2.16. The van der Waals surface area contributed by atoms with Crippen molar-refractivity contribution in [2.75, 3.05) is 16.4 Å². The molecule has 1 heterocycles. The van der Waals surface area contributed by atoms with Crippen LogP contribution < -0.4 is 16.0 Å². The lowest BCUT2D eigenvalue weighted by Gasteiger charge is -2.11. The number of hydrogen-bond donors (Lipinski definition) is 3. The maximum atomic E-state index is 13.0. The normalized spacial score (nSPS) is 11.1. The zero-order chi connectivity index (χ0) is 26.9. The van der Waals surface area contributed by atoms with Gasteiger partial charge in [0.25, 0.3) is 11.8 Å². The number of amides is 3. The van der Waals surface area contributed by atoms with E-state index in [1.807, 2.05) is 44.2 Å². The quantitative estimate of drug-likeness (QED) is 0.183. The molecular weight excluding hydrogens is 498 g/mol. The molecule has 0 unspecified atom stereocenters. The van der Waals surface area contributed by atoms with Crippen molar-refractivity contribution in [2.24, 2.45) is 0 Å². The topological polar surface area (TPSA) is 100 Å². The van der Waals surface area contributed by atoms with E-state index in [0.717, 1.165) is 21.7 Å². The number of furan rings is 1. The van der Waals surface area contributed by atoms with Crippen LogP contribution >= 0.6 is 11.8 Å². The Bertz CT molecular complexity index is 1430. The van der Waals surface area contributed by atoms with Crippen LogP contribution in [0.5, 0.6) is 0 Å². The number of benzene rings is 3. The van der Waals surface area contributed by atoms with Crippen molar-refractivity contribution in [1.29, 1.82) is 0 Å². The van der Waals surface area contributed by atoms with Gasteiger partial charge in [0.15, 0.2) is 0 Å². The van der Waals surface area contributed by atoms with Crippen LogP contribution in [0.2, 0.25) is 0 Å². The summed E-state index contributed by atoms with van der Waals surface area (Å²) in [7, 11) is 0. The van der Waals surface area contributed by atoms with Crippen molar-refractivity contribution in [3.8, 4) is 0 Å². The van der Waals surface area contributed by atoms with Crippen LogP contribution in [0.1, 0.15) is 27.2 Å². The maximum absolute atomic E-state index is 13.0. The molecule has 0 fully saturated rings. The fourth-order valence-corrected chi connectivity index (χ4v) is 4.38. The van der Waals surface area contributed by atoms with Crippen molar-refractivity contribution in [3.63, 3.8) is 0 Å². The molecule has 0 aliphatic carbocycles. The Morgan fingerprint density at radius 3 is 2.18 bits per heavy atom. The maximum Gasteiger partial charge on any atom is 0.272 e. The Kier molecular flexibility index (Phi) is 8.79. The molecule has 0 aliphatic rings. The summed E-state index contributed by atoms with van der Waals surface area (Å²) in [5.41, 5.74) is 3.96. The molecule has 7 nitrogen and oxygen atoms in total. The third-order valence-corrected chi connectivity index (χ3v) is 6.36. The molecule has 0 radical (unpaired) electrons. The fraction of sp³-hybridized carbons (Fsp3) is 0.100. The van der Waals surface area contributed by atoms with Gasteiger partial charge in [-0.25, -0.2) is 0 Å². The SMILES string of the molecule is Cc1cc(C)cc(NC(=O)CSc2ccc(NC(=O)/C(=C/c3ccco3)NC(=O)c3ccccc3)cc2)c1. The minimum atomic E-state index is -0.501. The molecule has 8 heteroatoms. The summed E-state index contributed by atoms with van der Waals surface area (Å²) in [4.78, 5) is 39.0. The number of rotatable bonds is 9. The smallest absolute Gasteiger partial charge is 0.272 e. The van der Waals surface area contributed by atoms with Crippen LogP contribution in [0.3, 0.4) is 0 Å². The summed E-state index contributed by atoms with van der Waals surface area (Å²) in [6.07, 6.45) is 2.95. The lowest BCUT2D eigenvalue weighted by molar-refractivity contribution is -0.114. The number of nitrogens with one attached hydrogen (secondary N) is 3. The highest BCUT2D eigenvalue weighted by atomic mass is 32.2. The van der Waals surface area contributed by atoms with Gasteiger partial charge in [-0.3, -0.25) is 14.4 Å². The van der Waals surface area contributed by atoms with E-state index in [2.05, 4.69) is 22.0 Å². The van der Waals surface area contributed by atoms with Crippen LogP contribution in [-0.2, 0) is 9.59 Å². The van der Waals surface area contributed by atoms with Crippen molar-refractivity contribution in [1.82, 2.24) is 5.32 Å². The van der Waals surface area contributed by atoms with Gasteiger partial charge in [-0.05, 0) is 85.6 Å². The number of aryl methyl sites for hydroxylation is 2. The van der Waals surface area contributed by atoms with Crippen molar-refractivity contribution in [2.45, 2.75) is 18.7 Å². The standard InChI is InChI=1S/C30H27N3O4S/c1-20-15-21(2)17-24(16-20)31-28(34)19-38-26-12-10-23(11-13-26)32-30(36)27(18-25-9-6-14-37-25)33-29(35)22-7-4-3-5-8-22/h3-18H,19H2,1-2H3,(H,31,34)(H,32,36)(H,33,35)/b27-18-. The Morgan fingerprint density at radius 1 is 0.816 bits per heavy atom. The molecule has 1 aromatic heterocycles. The van der Waals surface area contributed by atoms with E-state index < -0.39 is 11.8 Å². The van der Waals surface area contributed by atoms with E-state index in [-0.39, 0.29) is 17.4 Å². The summed E-state index contributed by atoms with van der Waals surface area (Å²) in [6.45, 7) is 3.98. The summed E-state index contributed by atoms with van der Waals surface area (Å²) in [5.74, 6) is -0.336. The monoisotopic (exact) mass is 525 g/mol. The van der Waals surface area contributed by atoms with Gasteiger partial charge in [0.2, 0.25) is 5.91 Å². The molecule has 4 rings (SSSR count). The summed E-state index contributed by atoms with van der Waals surface area (Å²) in [5, 5.41) is 8.38. The Balaban J connectivity index is 1.36. The predicted molar refractivity (Wildman–Crippen MR) is 151 cm³/mol. The van der Waals surface area contributed by atoms with Gasteiger partial charge in [0, 0.05) is 27.9 Å². The van der Waals surface area contributed by atoms with E-state index in [1.54, 1.807) is 48.5 Å². The molecular formula is C30H27N3O4S. The minimum Gasteiger partial charge on any atom is -0.465 e. The van der Waals surface area contributed by atoms with Crippen LogP contribution in [0.4, 0.5) is 11.4 Å². The van der Waals surface area contributed by atoms with Crippen LogP contribution in [0.25, 0.3) is 6.08 Å². The average Bonchev–Trinajstić information content (AvgIpc) is 3.41. The zero-order valence-electron chi connectivity index (χ0n) is 21.0. The van der Waals surface area contributed by atoms with Gasteiger partial charge in [-0.15, -0.1) is 11.8 Å². The fourth-order valence-electron chi connectivity index (χ4n) is 3.68. The molecule has 4 aromatic rings. The Morgan fingerprint density at radius 2 is 1.53 bits per heavy atom. The van der Waals surface area contributed by atoms with E-state index in [1.165, 1.54) is 24.1 Å². The number of carbonyl (C=O) groups excluding carboxylic acids is 3. The summed E-state index contributed by atoms with van der Waals surface area (Å²) in [6, 6.07) is 25.1. The van der Waals surface area contributed by atoms with Gasteiger partial charge >= 0.3 is 0 Å². The number of thioether (sulfide) groups is 1. The molecule has 0 spiro atoms. The molecule has 0 atom stereocenters. The first-order valence-electron chi connectivity index (χ1n) is 11.9. The van der Waals surface area contributed by atoms with E-state index >= 15 is 0 Å². The van der Waals surface area contributed by atoms with Crippen LogP contribution in [0.15, 0.2) is 106 Å². The second-order valence-electron chi connectivity index (χ2n) is 8.59. The molecule has 0 saturated heterocycles. The number of anilines is 2. The summed E-state index contributed by atoms with van der Waals surface area (Å²) < 4.78 is 5.32. The van der Waals surface area contributed by atoms with E-state index in [9.17, 15) is 14.4 Å². The first-order chi connectivity index (χ1) is 18.4. The first-order valence-corrected chi connectivity index (χ1v) is 12.9. The highest BCUT2D eigenvalue weighted by molar-refractivity contribution is 8.00. The van der Waals surface area contributed by atoms with Gasteiger partial charge < -0.3 is 20.4 Å². The van der Waals surface area contributed by atoms with Gasteiger partial charge in [-0.1, -0.05) is 24.3 Å². The zero-order valence-corrected chi connectivity index (χ0v) is 21.8. The second-order valence-corrected chi connectivity index (χ2v) is 9.63.